The number of nitrogens with one attached hydrogen (secondary N) is 1. The van der Waals surface area contributed by atoms with E-state index in [0.717, 1.165) is 37.2 Å². The molecule has 10 nitrogen and oxygen atoms in total. The number of hydrazine groups is 1. The van der Waals surface area contributed by atoms with E-state index in [-0.39, 0.29) is 5.91 Å². The lowest BCUT2D eigenvalue weighted by Gasteiger charge is -2.36. The van der Waals surface area contributed by atoms with Crippen LogP contribution in [-0.2, 0) is 4.79 Å². The summed E-state index contributed by atoms with van der Waals surface area (Å²) in [5.74, 6) is 3.31. The Morgan fingerprint density at radius 3 is 1.79 bits per heavy atom. The predicted molar refractivity (Wildman–Crippen MR) is 170 cm³/mol. The average Bonchev–Trinajstić information content (AvgIpc) is 3.04. The summed E-state index contributed by atoms with van der Waals surface area (Å²) in [6.07, 6.45) is 11.8. The molecule has 3 rings (SSSR count). The third kappa shape index (κ3) is 9.88. The van der Waals surface area contributed by atoms with E-state index in [2.05, 4.69) is 17.2 Å². The van der Waals surface area contributed by atoms with E-state index in [9.17, 15) is 4.79 Å². The number of rotatable bonds is 18. The quantitative estimate of drug-likeness (QED) is 0.171. The molecule has 0 aromatic heterocycles. The van der Waals surface area contributed by atoms with Gasteiger partial charge in [-0.3, -0.25) is 10.2 Å². The van der Waals surface area contributed by atoms with E-state index in [4.69, 9.17) is 28.4 Å². The van der Waals surface area contributed by atoms with Gasteiger partial charge in [-0.05, 0) is 30.2 Å². The van der Waals surface area contributed by atoms with Crippen molar-refractivity contribution >= 4 is 17.7 Å². The molecule has 1 saturated heterocycles. The maximum atomic E-state index is 12.7. The zero-order valence-electron chi connectivity index (χ0n) is 26.7. The Kier molecular flexibility index (Phi) is 14.1. The number of anilines is 1. The van der Waals surface area contributed by atoms with Crippen molar-refractivity contribution in [1.82, 2.24) is 10.4 Å². The first-order valence-corrected chi connectivity index (χ1v) is 15.1. The van der Waals surface area contributed by atoms with Gasteiger partial charge in [-0.25, -0.2) is 5.01 Å². The van der Waals surface area contributed by atoms with Crippen LogP contribution >= 0.6 is 0 Å². The number of methoxy groups -OCH3 is 5. The Morgan fingerprint density at radius 1 is 0.721 bits per heavy atom. The van der Waals surface area contributed by atoms with Gasteiger partial charge >= 0.3 is 0 Å². The molecule has 2 aromatic carbocycles. The summed E-state index contributed by atoms with van der Waals surface area (Å²) in [6.45, 7) is 5.58. The highest BCUT2D eigenvalue weighted by molar-refractivity contribution is 5.91. The summed E-state index contributed by atoms with van der Waals surface area (Å²) >= 11 is 0. The summed E-state index contributed by atoms with van der Waals surface area (Å²) in [7, 11) is 8.01. The van der Waals surface area contributed by atoms with Crippen LogP contribution in [0.3, 0.4) is 0 Å². The van der Waals surface area contributed by atoms with Crippen molar-refractivity contribution in [2.45, 2.75) is 51.9 Å². The fourth-order valence-electron chi connectivity index (χ4n) is 5.06. The lowest BCUT2D eigenvalue weighted by Crippen LogP contribution is -2.53. The molecule has 0 aliphatic carbocycles. The van der Waals surface area contributed by atoms with Crippen LogP contribution < -0.4 is 38.7 Å². The van der Waals surface area contributed by atoms with E-state index >= 15 is 0 Å². The van der Waals surface area contributed by atoms with Gasteiger partial charge < -0.3 is 33.3 Å². The molecule has 1 aliphatic heterocycles. The fraction of sp³-hybridized carbons (Fsp3) is 0.545. The minimum Gasteiger partial charge on any atom is -0.493 e. The first-order valence-electron chi connectivity index (χ1n) is 15.1. The van der Waals surface area contributed by atoms with Crippen molar-refractivity contribution in [3.8, 4) is 34.5 Å². The number of nitrogens with zero attached hydrogens (tertiary/aromatic N) is 2. The Balaban J connectivity index is 1.52. The molecule has 1 N–H and O–H groups in total. The highest BCUT2D eigenvalue weighted by Crippen LogP contribution is 2.41. The zero-order valence-corrected chi connectivity index (χ0v) is 26.7. The molecule has 1 heterocycles. The normalized spacial score (nSPS) is 13.6. The molecule has 43 heavy (non-hydrogen) atoms. The first kappa shape index (κ1) is 33.7. The minimum absolute atomic E-state index is 0.210. The van der Waals surface area contributed by atoms with Crippen LogP contribution in [0.15, 0.2) is 30.3 Å². The van der Waals surface area contributed by atoms with Gasteiger partial charge in [0.25, 0.3) is 5.91 Å². The molecule has 0 atom stereocenters. The topological polar surface area (TPSA) is 91.0 Å². The number of ether oxygens (including phenoxy) is 6. The standard InChI is InChI=1S/C33H49N3O7/c1-7-8-9-10-11-12-13-20-43-33-27(38-2)21-25(22-28(33)39-3)14-15-31(37)34-36-18-16-35(17-19-36)26-23-29(40-4)32(42-6)30(24-26)41-5/h14-15,21-24H,7-13,16-20H2,1-6H3,(H,34,37). The minimum atomic E-state index is -0.210. The van der Waals surface area contributed by atoms with Gasteiger partial charge in [-0.2, -0.15) is 0 Å². The van der Waals surface area contributed by atoms with Crippen molar-refractivity contribution in [3.63, 3.8) is 0 Å². The van der Waals surface area contributed by atoms with E-state index in [1.165, 1.54) is 38.2 Å². The maximum Gasteiger partial charge on any atom is 0.258 e. The van der Waals surface area contributed by atoms with E-state index in [1.54, 1.807) is 41.6 Å². The van der Waals surface area contributed by atoms with Crippen LogP contribution in [0.5, 0.6) is 34.5 Å². The molecule has 10 heteroatoms. The molecule has 0 radical (unpaired) electrons. The van der Waals surface area contributed by atoms with Gasteiger partial charge in [-0.15, -0.1) is 0 Å². The monoisotopic (exact) mass is 599 g/mol. The summed E-state index contributed by atoms with van der Waals surface area (Å²) in [6, 6.07) is 7.57. The van der Waals surface area contributed by atoms with Gasteiger partial charge in [-0.1, -0.05) is 45.4 Å². The molecule has 0 bridgehead atoms. The van der Waals surface area contributed by atoms with E-state index in [1.807, 2.05) is 29.3 Å². The second-order valence-electron chi connectivity index (χ2n) is 10.4. The van der Waals surface area contributed by atoms with Crippen molar-refractivity contribution in [2.24, 2.45) is 0 Å². The Labute approximate surface area is 256 Å². The first-order chi connectivity index (χ1) is 21.0. The maximum absolute atomic E-state index is 12.7. The SMILES string of the molecule is CCCCCCCCCOc1c(OC)cc(C=CC(=O)NN2CCN(c3cc(OC)c(OC)c(OC)c3)CC2)cc1OC. The zero-order chi connectivity index (χ0) is 31.0. The van der Waals surface area contributed by atoms with Crippen LogP contribution in [0.1, 0.15) is 57.4 Å². The average molecular weight is 600 g/mol. The smallest absolute Gasteiger partial charge is 0.258 e. The summed E-state index contributed by atoms with van der Waals surface area (Å²) in [4.78, 5) is 15.0. The molecule has 0 spiro atoms. The molecule has 238 valence electrons. The van der Waals surface area contributed by atoms with Gasteiger partial charge in [0.15, 0.2) is 23.0 Å². The molecule has 1 aliphatic rings. The lowest BCUT2D eigenvalue weighted by molar-refractivity contribution is -0.121. The summed E-state index contributed by atoms with van der Waals surface area (Å²) < 4.78 is 33.7. The van der Waals surface area contributed by atoms with Crippen molar-refractivity contribution in [3.05, 3.63) is 35.9 Å². The third-order valence-electron chi connectivity index (χ3n) is 7.47. The number of piperazine rings is 1. The Bertz CT molecular complexity index is 1130. The molecular weight excluding hydrogens is 550 g/mol. The van der Waals surface area contributed by atoms with Crippen LogP contribution in [0.4, 0.5) is 5.69 Å². The molecule has 0 saturated carbocycles. The molecule has 2 aromatic rings. The Hall–Kier alpha value is -3.79. The van der Waals surface area contributed by atoms with Gasteiger partial charge in [0.05, 0.1) is 42.2 Å². The van der Waals surface area contributed by atoms with E-state index in [0.29, 0.717) is 54.2 Å². The van der Waals surface area contributed by atoms with Gasteiger partial charge in [0, 0.05) is 50.1 Å². The number of hydrogen-bond donors (Lipinski definition) is 1. The highest BCUT2D eigenvalue weighted by Gasteiger charge is 2.22. The number of carbonyl (C=O) groups excluding carboxylic acids is 1. The third-order valence-corrected chi connectivity index (χ3v) is 7.47. The van der Waals surface area contributed by atoms with E-state index < -0.39 is 0 Å². The van der Waals surface area contributed by atoms with Crippen LogP contribution in [-0.4, -0.2) is 79.3 Å². The number of amides is 1. The second-order valence-corrected chi connectivity index (χ2v) is 10.4. The predicted octanol–water partition coefficient (Wildman–Crippen LogP) is 5.73. The van der Waals surface area contributed by atoms with Crippen molar-refractivity contribution in [2.75, 3.05) is 73.2 Å². The van der Waals surface area contributed by atoms with Crippen LogP contribution in [0.2, 0.25) is 0 Å². The van der Waals surface area contributed by atoms with Crippen LogP contribution in [0, 0.1) is 0 Å². The molecular formula is C33H49N3O7. The van der Waals surface area contributed by atoms with Crippen molar-refractivity contribution in [1.29, 1.82) is 0 Å². The molecule has 1 amide bonds. The highest BCUT2D eigenvalue weighted by atomic mass is 16.5. The number of benzene rings is 2. The molecule has 1 fully saturated rings. The largest absolute Gasteiger partial charge is 0.493 e. The van der Waals surface area contributed by atoms with Gasteiger partial charge in [0.2, 0.25) is 11.5 Å². The molecule has 0 unspecified atom stereocenters. The summed E-state index contributed by atoms with van der Waals surface area (Å²) in [5, 5.41) is 1.92. The number of hydrogen-bond acceptors (Lipinski definition) is 9. The fourth-order valence-corrected chi connectivity index (χ4v) is 5.06. The second kappa shape index (κ2) is 18.0. The number of unbranched alkanes of at least 4 members (excludes halogenated alkanes) is 6. The lowest BCUT2D eigenvalue weighted by atomic mass is 10.1. The van der Waals surface area contributed by atoms with Gasteiger partial charge in [0.1, 0.15) is 0 Å². The van der Waals surface area contributed by atoms with Crippen LogP contribution in [0.25, 0.3) is 6.08 Å². The Morgan fingerprint density at radius 2 is 1.26 bits per heavy atom. The van der Waals surface area contributed by atoms with Crippen molar-refractivity contribution < 1.29 is 33.2 Å². The summed E-state index contributed by atoms with van der Waals surface area (Å²) in [5.41, 5.74) is 4.72. The number of carbonyl (C=O) groups is 1.